The summed E-state index contributed by atoms with van der Waals surface area (Å²) in [6.45, 7) is 3.50. The molecule has 3 aromatic carbocycles. The van der Waals surface area contributed by atoms with E-state index in [1.54, 1.807) is 13.8 Å². The second kappa shape index (κ2) is 10.9. The van der Waals surface area contributed by atoms with Gasteiger partial charge < -0.3 is 14.8 Å². The molecule has 0 radical (unpaired) electrons. The Morgan fingerprint density at radius 1 is 0.939 bits per heavy atom. The molecular weight excluding hydrogens is 465 g/mol. The molecule has 0 saturated heterocycles. The number of esters is 1. The summed E-state index contributed by atoms with van der Waals surface area (Å²) < 4.78 is 10.3. The molecule has 0 spiro atoms. The molecule has 0 bridgehead atoms. The Labute approximate surface area is 202 Å². The van der Waals surface area contributed by atoms with Crippen LogP contribution < -0.4 is 20.9 Å². The van der Waals surface area contributed by atoms with Crippen LogP contribution in [0.1, 0.15) is 30.5 Å². The van der Waals surface area contributed by atoms with Gasteiger partial charge in [0.25, 0.3) is 10.9 Å². The number of rotatable bonds is 10. The van der Waals surface area contributed by atoms with Crippen molar-refractivity contribution < 1.29 is 14.3 Å². The third-order valence-electron chi connectivity index (χ3n) is 5.21. The van der Waals surface area contributed by atoms with Crippen LogP contribution in [0.2, 0.25) is 10.0 Å². The fourth-order valence-corrected chi connectivity index (χ4v) is 4.06. The van der Waals surface area contributed by atoms with Gasteiger partial charge in [0.15, 0.2) is 5.75 Å². The van der Waals surface area contributed by atoms with E-state index < -0.39 is 22.9 Å². The molecule has 0 heterocycles. The highest BCUT2D eigenvalue weighted by atomic mass is 35.5. The number of anilines is 1. The normalized spacial score (nSPS) is 12.1. The van der Waals surface area contributed by atoms with Crippen LogP contribution in [-0.4, -0.2) is 25.2 Å². The van der Waals surface area contributed by atoms with Crippen LogP contribution in [0.15, 0.2) is 52.1 Å². The molecule has 6 nitrogen and oxygen atoms in total. The number of benzene rings is 2. The molecule has 3 aromatic rings. The maximum atomic E-state index is 12.3. The molecule has 8 heteroatoms. The van der Waals surface area contributed by atoms with Crippen LogP contribution in [0.4, 0.5) is 5.69 Å². The first-order valence-electron chi connectivity index (χ1n) is 10.6. The lowest BCUT2D eigenvalue weighted by Crippen LogP contribution is -2.42. The minimum Gasteiger partial charge on any atom is -0.485 e. The molecule has 0 aromatic heterocycles. The monoisotopic (exact) mass is 489 g/mol. The Morgan fingerprint density at radius 2 is 1.55 bits per heavy atom. The molecule has 3 rings (SSSR count). The first-order chi connectivity index (χ1) is 15.7. The highest BCUT2D eigenvalue weighted by Gasteiger charge is 2.29. The van der Waals surface area contributed by atoms with Gasteiger partial charge in [-0.15, -0.1) is 0 Å². The van der Waals surface area contributed by atoms with E-state index in [2.05, 4.69) is 5.32 Å². The average molecular weight is 490 g/mol. The highest BCUT2D eigenvalue weighted by Crippen LogP contribution is 2.26. The van der Waals surface area contributed by atoms with E-state index in [1.165, 1.54) is 7.11 Å². The van der Waals surface area contributed by atoms with E-state index in [0.29, 0.717) is 16.5 Å². The number of halogens is 2. The van der Waals surface area contributed by atoms with Gasteiger partial charge >= 0.3 is 5.97 Å². The summed E-state index contributed by atoms with van der Waals surface area (Å²) in [6, 6.07) is 12.4. The number of carbonyl (C=O) groups excluding carboxylic acids is 1. The molecule has 1 atom stereocenters. The quantitative estimate of drug-likeness (QED) is 0.336. The van der Waals surface area contributed by atoms with Gasteiger partial charge in [0.1, 0.15) is 11.7 Å². The largest absolute Gasteiger partial charge is 0.485 e. The average Bonchev–Trinajstić information content (AvgIpc) is 2.80. The van der Waals surface area contributed by atoms with Crippen molar-refractivity contribution in [3.8, 4) is 5.75 Å². The van der Waals surface area contributed by atoms with Crippen molar-refractivity contribution in [2.75, 3.05) is 12.4 Å². The Morgan fingerprint density at radius 3 is 2.12 bits per heavy atom. The first-order valence-corrected chi connectivity index (χ1v) is 11.3. The summed E-state index contributed by atoms with van der Waals surface area (Å²) in [5, 5.41) is 4.13. The molecule has 0 aliphatic heterocycles. The van der Waals surface area contributed by atoms with Crippen molar-refractivity contribution in [3.05, 3.63) is 89.6 Å². The van der Waals surface area contributed by atoms with Gasteiger partial charge in [0.2, 0.25) is 0 Å². The number of aryl methyl sites for hydroxylation is 1. The van der Waals surface area contributed by atoms with Crippen LogP contribution in [0.3, 0.4) is 0 Å². The van der Waals surface area contributed by atoms with Crippen LogP contribution >= 0.6 is 23.2 Å². The lowest BCUT2D eigenvalue weighted by Gasteiger charge is -2.21. The van der Waals surface area contributed by atoms with Crippen molar-refractivity contribution in [1.82, 2.24) is 0 Å². The highest BCUT2D eigenvalue weighted by molar-refractivity contribution is 6.35. The van der Waals surface area contributed by atoms with E-state index in [9.17, 15) is 14.4 Å². The summed E-state index contributed by atoms with van der Waals surface area (Å²) in [4.78, 5) is 36.2. The van der Waals surface area contributed by atoms with E-state index in [0.717, 1.165) is 23.1 Å². The lowest BCUT2D eigenvalue weighted by molar-refractivity contribution is -0.141. The van der Waals surface area contributed by atoms with Gasteiger partial charge in [-0.25, -0.2) is 4.79 Å². The summed E-state index contributed by atoms with van der Waals surface area (Å²) in [5.41, 5.74) is 1.48. The Hall–Kier alpha value is -2.83. The van der Waals surface area contributed by atoms with Crippen LogP contribution in [0, 0.1) is 0 Å². The summed E-state index contributed by atoms with van der Waals surface area (Å²) in [5.74, 6) is -0.589. The van der Waals surface area contributed by atoms with Crippen molar-refractivity contribution in [2.24, 2.45) is 0 Å². The summed E-state index contributed by atoms with van der Waals surface area (Å²) in [7, 11) is 1.27. The van der Waals surface area contributed by atoms with Gasteiger partial charge in [-0.05, 0) is 55.5 Å². The smallest absolute Gasteiger partial charge is 0.328 e. The third-order valence-corrected chi connectivity index (χ3v) is 5.92. The number of methoxy groups -OCH3 is 1. The predicted molar refractivity (Wildman–Crippen MR) is 131 cm³/mol. The van der Waals surface area contributed by atoms with E-state index >= 15 is 0 Å². The van der Waals surface area contributed by atoms with Gasteiger partial charge in [-0.1, -0.05) is 53.5 Å². The zero-order chi connectivity index (χ0) is 24.1. The SMILES string of the molecule is COC(=O)[C@H](Cc1ccc(CCc2c(Cl)cccc2Cl)cc1)Nc1c(OC(C)C)c(=O)c1=O. The number of hydrogen-bond acceptors (Lipinski definition) is 6. The molecule has 0 unspecified atom stereocenters. The number of hydrogen-bond donors (Lipinski definition) is 1. The second-order valence-electron chi connectivity index (χ2n) is 7.97. The fraction of sp³-hybridized carbons (Fsp3) is 0.320. The fourth-order valence-electron chi connectivity index (χ4n) is 3.48. The standard InChI is InChI=1S/C25H25Cl2NO5/c1-14(2)33-24-21(22(29)23(24)30)28-20(25(31)32-3)13-16-9-7-15(8-10-16)11-12-17-18(26)5-4-6-19(17)27/h4-10,14,20,28H,11-13H2,1-3H3/t20-/m0/s1. The van der Waals surface area contributed by atoms with Crippen molar-refractivity contribution in [3.63, 3.8) is 0 Å². The molecular formula is C25H25Cl2NO5. The van der Waals surface area contributed by atoms with Crippen LogP contribution in [0.25, 0.3) is 0 Å². The van der Waals surface area contributed by atoms with Gasteiger partial charge in [-0.2, -0.15) is 0 Å². The third kappa shape index (κ3) is 5.95. The Kier molecular flexibility index (Phi) is 8.16. The maximum Gasteiger partial charge on any atom is 0.328 e. The predicted octanol–water partition coefficient (Wildman–Crippen LogP) is 4.36. The zero-order valence-corrected chi connectivity index (χ0v) is 20.1. The van der Waals surface area contributed by atoms with Gasteiger partial charge in [0.05, 0.1) is 13.2 Å². The van der Waals surface area contributed by atoms with Gasteiger partial charge in [0, 0.05) is 16.5 Å². The summed E-state index contributed by atoms with van der Waals surface area (Å²) >= 11 is 12.5. The molecule has 0 saturated carbocycles. The molecule has 0 fully saturated rings. The molecule has 0 aliphatic carbocycles. The van der Waals surface area contributed by atoms with Crippen LogP contribution in [0.5, 0.6) is 5.75 Å². The molecule has 174 valence electrons. The number of nitrogens with one attached hydrogen (secondary N) is 1. The van der Waals surface area contributed by atoms with Crippen molar-refractivity contribution >= 4 is 34.9 Å². The van der Waals surface area contributed by atoms with Crippen LogP contribution in [-0.2, 0) is 28.8 Å². The molecule has 33 heavy (non-hydrogen) atoms. The van der Waals surface area contributed by atoms with E-state index in [-0.39, 0.29) is 24.0 Å². The molecule has 1 N–H and O–H groups in total. The molecule has 0 amide bonds. The zero-order valence-electron chi connectivity index (χ0n) is 18.6. The minimum atomic E-state index is -0.847. The summed E-state index contributed by atoms with van der Waals surface area (Å²) in [6.07, 6.45) is 1.44. The Balaban J connectivity index is 1.69. The number of carbonyl (C=O) groups is 1. The minimum absolute atomic E-state index is 0.0114. The van der Waals surface area contributed by atoms with E-state index in [1.807, 2.05) is 42.5 Å². The van der Waals surface area contributed by atoms with Crippen molar-refractivity contribution in [2.45, 2.75) is 45.3 Å². The van der Waals surface area contributed by atoms with Gasteiger partial charge in [-0.3, -0.25) is 9.59 Å². The lowest BCUT2D eigenvalue weighted by atomic mass is 10.00. The topological polar surface area (TPSA) is 81.7 Å². The Bertz CT molecular complexity index is 1180. The second-order valence-corrected chi connectivity index (χ2v) is 8.78. The molecule has 0 aliphatic rings. The van der Waals surface area contributed by atoms with E-state index in [4.69, 9.17) is 32.7 Å². The van der Waals surface area contributed by atoms with Crippen molar-refractivity contribution in [1.29, 1.82) is 0 Å². The number of ether oxygens (including phenoxy) is 2. The maximum absolute atomic E-state index is 12.3. The first kappa shape index (κ1) is 24.8.